The first-order chi connectivity index (χ1) is 5.74. The Bertz CT molecular complexity index is 320. The van der Waals surface area contributed by atoms with E-state index in [2.05, 4.69) is 22.4 Å². The molecule has 0 saturated carbocycles. The van der Waals surface area contributed by atoms with Crippen LogP contribution in [0.5, 0.6) is 0 Å². The fourth-order valence-corrected chi connectivity index (χ4v) is 1.16. The van der Waals surface area contributed by atoms with Crippen LogP contribution in [0.3, 0.4) is 0 Å². The van der Waals surface area contributed by atoms with Gasteiger partial charge in [0.05, 0.1) is 15.7 Å². The van der Waals surface area contributed by atoms with Crippen LogP contribution in [0.4, 0.5) is 5.69 Å². The zero-order valence-corrected chi connectivity index (χ0v) is 7.56. The lowest BCUT2D eigenvalue weighted by molar-refractivity contribution is 0.564. The number of hydrogen-bond acceptors (Lipinski definition) is 3. The molecule has 5 heteroatoms. The summed E-state index contributed by atoms with van der Waals surface area (Å²) in [5.74, 6) is 0. The smallest absolute Gasteiger partial charge is 0.186 e. The van der Waals surface area contributed by atoms with Crippen LogP contribution in [-0.4, -0.2) is 13.9 Å². The molecule has 0 fully saturated rings. The SMILES string of the molecule is O=S(O)c1ccc(N=C=S)cc1. The third-order valence-corrected chi connectivity index (χ3v) is 1.98. The van der Waals surface area contributed by atoms with E-state index in [1.54, 1.807) is 12.1 Å². The lowest BCUT2D eigenvalue weighted by atomic mass is 10.3. The maximum atomic E-state index is 10.5. The van der Waals surface area contributed by atoms with Gasteiger partial charge in [0.1, 0.15) is 0 Å². The monoisotopic (exact) mass is 199 g/mol. The van der Waals surface area contributed by atoms with Crippen molar-refractivity contribution < 1.29 is 8.76 Å². The van der Waals surface area contributed by atoms with Crippen molar-refractivity contribution in [3.63, 3.8) is 0 Å². The number of hydrogen-bond donors (Lipinski definition) is 1. The molecule has 1 aromatic carbocycles. The van der Waals surface area contributed by atoms with Crippen molar-refractivity contribution in [1.29, 1.82) is 0 Å². The second-order valence-electron chi connectivity index (χ2n) is 1.95. The lowest BCUT2D eigenvalue weighted by Gasteiger charge is -1.93. The van der Waals surface area contributed by atoms with Crippen LogP contribution < -0.4 is 0 Å². The molecule has 0 radical (unpaired) electrons. The van der Waals surface area contributed by atoms with Gasteiger partial charge >= 0.3 is 0 Å². The molecule has 1 unspecified atom stereocenters. The summed E-state index contributed by atoms with van der Waals surface area (Å²) < 4.78 is 19.2. The first-order valence-corrected chi connectivity index (χ1v) is 4.54. The van der Waals surface area contributed by atoms with E-state index in [1.807, 2.05) is 0 Å². The second kappa shape index (κ2) is 4.23. The van der Waals surface area contributed by atoms with Gasteiger partial charge in [-0.2, -0.15) is 4.99 Å². The van der Waals surface area contributed by atoms with Crippen molar-refractivity contribution in [1.82, 2.24) is 0 Å². The summed E-state index contributed by atoms with van der Waals surface area (Å²) in [6, 6.07) is 6.23. The van der Waals surface area contributed by atoms with E-state index in [0.29, 0.717) is 10.6 Å². The summed E-state index contributed by atoms with van der Waals surface area (Å²) in [6.45, 7) is 0. The molecule has 0 aliphatic carbocycles. The summed E-state index contributed by atoms with van der Waals surface area (Å²) in [5, 5.41) is 2.20. The second-order valence-corrected chi connectivity index (χ2v) is 3.10. The van der Waals surface area contributed by atoms with Crippen LogP contribution in [0, 0.1) is 0 Å². The fourth-order valence-electron chi connectivity index (χ4n) is 0.690. The Labute approximate surface area is 77.4 Å². The van der Waals surface area contributed by atoms with Crippen molar-refractivity contribution >= 4 is 34.1 Å². The summed E-state index contributed by atoms with van der Waals surface area (Å²) in [7, 11) is 0. The van der Waals surface area contributed by atoms with E-state index in [9.17, 15) is 4.21 Å². The Kier molecular flexibility index (Phi) is 3.25. The molecule has 0 aliphatic heterocycles. The molecule has 1 aromatic rings. The molecule has 0 aliphatic rings. The van der Waals surface area contributed by atoms with Gasteiger partial charge in [-0.25, -0.2) is 4.21 Å². The molecular weight excluding hydrogens is 194 g/mol. The number of rotatable bonds is 2. The van der Waals surface area contributed by atoms with Crippen LogP contribution in [0.2, 0.25) is 0 Å². The predicted molar refractivity (Wildman–Crippen MR) is 50.2 cm³/mol. The molecule has 0 bridgehead atoms. The van der Waals surface area contributed by atoms with Crippen molar-refractivity contribution in [2.75, 3.05) is 0 Å². The van der Waals surface area contributed by atoms with Crippen LogP contribution in [0.25, 0.3) is 0 Å². The zero-order valence-electron chi connectivity index (χ0n) is 5.93. The third kappa shape index (κ3) is 2.32. The van der Waals surface area contributed by atoms with Gasteiger partial charge in [0.25, 0.3) is 0 Å². The molecule has 12 heavy (non-hydrogen) atoms. The molecule has 1 rings (SSSR count). The molecular formula is C7H5NO2S2. The Morgan fingerprint density at radius 1 is 1.42 bits per heavy atom. The average Bonchev–Trinajstić information content (AvgIpc) is 2.06. The third-order valence-electron chi connectivity index (χ3n) is 1.21. The summed E-state index contributed by atoms with van der Waals surface area (Å²) in [5.41, 5.74) is 0.624. The van der Waals surface area contributed by atoms with E-state index >= 15 is 0 Å². The van der Waals surface area contributed by atoms with E-state index in [-0.39, 0.29) is 0 Å². The summed E-state index contributed by atoms with van der Waals surface area (Å²) in [6.07, 6.45) is 0. The first-order valence-electron chi connectivity index (χ1n) is 3.03. The van der Waals surface area contributed by atoms with E-state index < -0.39 is 11.1 Å². The number of isothiocyanates is 1. The van der Waals surface area contributed by atoms with Gasteiger partial charge < -0.3 is 4.55 Å². The number of benzene rings is 1. The molecule has 1 atom stereocenters. The van der Waals surface area contributed by atoms with Gasteiger partial charge in [0, 0.05) is 0 Å². The van der Waals surface area contributed by atoms with Crippen molar-refractivity contribution in [3.05, 3.63) is 24.3 Å². The Morgan fingerprint density at radius 3 is 2.42 bits per heavy atom. The first kappa shape index (κ1) is 9.22. The van der Waals surface area contributed by atoms with Gasteiger partial charge in [-0.3, -0.25) is 0 Å². The Balaban J connectivity index is 3.00. The van der Waals surface area contributed by atoms with Gasteiger partial charge in [0.2, 0.25) is 0 Å². The van der Waals surface area contributed by atoms with E-state index in [0.717, 1.165) is 0 Å². The van der Waals surface area contributed by atoms with Crippen molar-refractivity contribution in [2.24, 2.45) is 4.99 Å². The maximum absolute atomic E-state index is 10.5. The molecule has 62 valence electrons. The molecule has 0 spiro atoms. The molecule has 0 saturated heterocycles. The highest BCUT2D eigenvalue weighted by Gasteiger charge is 1.97. The van der Waals surface area contributed by atoms with E-state index in [4.69, 9.17) is 4.55 Å². The largest absolute Gasteiger partial charge is 0.302 e. The highest BCUT2D eigenvalue weighted by Crippen LogP contribution is 2.13. The normalized spacial score (nSPS) is 11.8. The maximum Gasteiger partial charge on any atom is 0.186 e. The molecule has 3 nitrogen and oxygen atoms in total. The van der Waals surface area contributed by atoms with Gasteiger partial charge in [-0.1, -0.05) is 0 Å². The quantitative estimate of drug-likeness (QED) is 0.450. The minimum Gasteiger partial charge on any atom is -0.302 e. The van der Waals surface area contributed by atoms with Crippen LogP contribution in [0.1, 0.15) is 0 Å². The minimum absolute atomic E-state index is 0.346. The van der Waals surface area contributed by atoms with Crippen molar-refractivity contribution in [2.45, 2.75) is 4.90 Å². The highest BCUT2D eigenvalue weighted by atomic mass is 32.2. The van der Waals surface area contributed by atoms with Gasteiger partial charge in [-0.15, -0.1) is 0 Å². The van der Waals surface area contributed by atoms with Crippen LogP contribution in [0.15, 0.2) is 34.2 Å². The molecule has 0 heterocycles. The van der Waals surface area contributed by atoms with Crippen LogP contribution in [-0.2, 0) is 11.1 Å². The Morgan fingerprint density at radius 2 is 2.00 bits per heavy atom. The fraction of sp³-hybridized carbons (Fsp3) is 0. The lowest BCUT2D eigenvalue weighted by Crippen LogP contribution is -1.85. The van der Waals surface area contributed by atoms with Gasteiger partial charge in [0.15, 0.2) is 11.1 Å². The van der Waals surface area contributed by atoms with Crippen LogP contribution >= 0.6 is 12.2 Å². The average molecular weight is 199 g/mol. The minimum atomic E-state index is -1.93. The molecule has 0 amide bonds. The topological polar surface area (TPSA) is 49.7 Å². The molecule has 1 N–H and O–H groups in total. The number of aliphatic imine (C=N–C) groups is 1. The predicted octanol–water partition coefficient (Wildman–Crippen LogP) is 2.00. The summed E-state index contributed by atoms with van der Waals surface area (Å²) >= 11 is 2.46. The standard InChI is InChI=1S/C7H5NO2S2/c9-12(10)7-3-1-6(2-4-7)8-5-11/h1-4H,(H,9,10). The highest BCUT2D eigenvalue weighted by molar-refractivity contribution is 7.79. The number of nitrogens with zero attached hydrogens (tertiary/aromatic N) is 1. The van der Waals surface area contributed by atoms with E-state index in [1.165, 1.54) is 12.1 Å². The zero-order chi connectivity index (χ0) is 8.97. The Hall–Kier alpha value is -0.870. The van der Waals surface area contributed by atoms with Gasteiger partial charge in [-0.05, 0) is 36.5 Å². The van der Waals surface area contributed by atoms with Crippen molar-refractivity contribution in [3.8, 4) is 0 Å². The number of thiocarbonyl (C=S) groups is 1. The summed E-state index contributed by atoms with van der Waals surface area (Å²) in [4.78, 5) is 4.04. The molecule has 0 aromatic heterocycles.